The first-order valence-electron chi connectivity index (χ1n) is 9.63. The molecular weight excluding hydrogens is 407 g/mol. The minimum Gasteiger partial charge on any atom is -0.383 e. The van der Waals surface area contributed by atoms with E-state index in [0.29, 0.717) is 25.7 Å². The number of guanidine groups is 1. The van der Waals surface area contributed by atoms with Crippen molar-refractivity contribution >= 4 is 16.0 Å². The summed E-state index contributed by atoms with van der Waals surface area (Å²) in [5, 5.41) is 6.38. The zero-order valence-electron chi connectivity index (χ0n) is 17.5. The summed E-state index contributed by atoms with van der Waals surface area (Å²) in [5.41, 5.74) is 2.79. The highest BCUT2D eigenvalue weighted by atomic mass is 32.2. The Labute approximate surface area is 177 Å². The number of hydrogen-bond donors (Lipinski definition) is 3. The van der Waals surface area contributed by atoms with Crippen molar-refractivity contribution in [3.8, 4) is 0 Å². The highest BCUT2D eigenvalue weighted by Gasteiger charge is 2.13. The fraction of sp³-hybridized carbons (Fsp3) is 0.381. The second kappa shape index (κ2) is 11.6. The van der Waals surface area contributed by atoms with Crippen LogP contribution in [-0.4, -0.2) is 48.2 Å². The van der Waals surface area contributed by atoms with Crippen molar-refractivity contribution in [3.05, 3.63) is 65.0 Å². The van der Waals surface area contributed by atoms with E-state index in [9.17, 15) is 12.8 Å². The molecular formula is C21H29FN4O3S. The van der Waals surface area contributed by atoms with Crippen molar-refractivity contribution in [1.29, 1.82) is 0 Å². The Balaban J connectivity index is 1.89. The number of halogens is 1. The average molecular weight is 437 g/mol. The predicted octanol–water partition coefficient (Wildman–Crippen LogP) is 1.97. The van der Waals surface area contributed by atoms with Gasteiger partial charge in [0.1, 0.15) is 5.82 Å². The van der Waals surface area contributed by atoms with Gasteiger partial charge in [0, 0.05) is 33.8 Å². The largest absolute Gasteiger partial charge is 0.383 e. The molecule has 0 aromatic heterocycles. The van der Waals surface area contributed by atoms with Crippen molar-refractivity contribution in [2.45, 2.75) is 24.8 Å². The van der Waals surface area contributed by atoms with Crippen LogP contribution in [0.25, 0.3) is 0 Å². The van der Waals surface area contributed by atoms with Crippen molar-refractivity contribution < 1.29 is 17.5 Å². The highest BCUT2D eigenvalue weighted by molar-refractivity contribution is 7.89. The van der Waals surface area contributed by atoms with E-state index in [1.165, 1.54) is 19.2 Å². The summed E-state index contributed by atoms with van der Waals surface area (Å²) in [7, 11) is -0.400. The van der Waals surface area contributed by atoms with Crippen LogP contribution in [0.3, 0.4) is 0 Å². The lowest BCUT2D eigenvalue weighted by Gasteiger charge is -2.13. The van der Waals surface area contributed by atoms with E-state index in [2.05, 4.69) is 20.3 Å². The van der Waals surface area contributed by atoms with E-state index in [1.807, 2.05) is 13.0 Å². The van der Waals surface area contributed by atoms with Gasteiger partial charge in [-0.1, -0.05) is 18.2 Å². The van der Waals surface area contributed by atoms with Crippen LogP contribution in [0.4, 0.5) is 4.39 Å². The molecule has 0 aliphatic carbocycles. The van der Waals surface area contributed by atoms with Crippen LogP contribution in [0.1, 0.15) is 16.7 Å². The molecule has 0 saturated carbocycles. The van der Waals surface area contributed by atoms with Gasteiger partial charge in [0.15, 0.2) is 5.96 Å². The normalized spacial score (nSPS) is 12.1. The van der Waals surface area contributed by atoms with Gasteiger partial charge in [-0.25, -0.2) is 17.5 Å². The number of nitrogens with zero attached hydrogens (tertiary/aromatic N) is 1. The molecule has 0 radical (unpaired) electrons. The smallest absolute Gasteiger partial charge is 0.240 e. The molecule has 3 N–H and O–H groups in total. The minimum atomic E-state index is -3.58. The first kappa shape index (κ1) is 23.8. The number of rotatable bonds is 10. The van der Waals surface area contributed by atoms with Crippen molar-refractivity contribution in [2.24, 2.45) is 4.99 Å². The van der Waals surface area contributed by atoms with Crippen LogP contribution >= 0.6 is 0 Å². The molecule has 164 valence electrons. The molecule has 0 aliphatic heterocycles. The van der Waals surface area contributed by atoms with Gasteiger partial charge in [-0.2, -0.15) is 0 Å². The number of sulfonamides is 1. The summed E-state index contributed by atoms with van der Waals surface area (Å²) < 4.78 is 45.2. The van der Waals surface area contributed by atoms with Crippen LogP contribution < -0.4 is 15.4 Å². The number of benzene rings is 2. The Hall–Kier alpha value is -2.49. The van der Waals surface area contributed by atoms with Gasteiger partial charge >= 0.3 is 0 Å². The summed E-state index contributed by atoms with van der Waals surface area (Å²) in [6, 6.07) is 11.5. The monoisotopic (exact) mass is 436 g/mol. The molecule has 30 heavy (non-hydrogen) atoms. The first-order valence-corrected chi connectivity index (χ1v) is 11.1. The Morgan fingerprint density at radius 2 is 1.93 bits per heavy atom. The highest BCUT2D eigenvalue weighted by Crippen LogP contribution is 2.12. The molecule has 9 heteroatoms. The summed E-state index contributed by atoms with van der Waals surface area (Å²) in [6.07, 6.45) is 0.730. The molecule has 0 bridgehead atoms. The lowest BCUT2D eigenvalue weighted by atomic mass is 10.1. The second-order valence-electron chi connectivity index (χ2n) is 6.71. The molecule has 0 spiro atoms. The molecule has 0 unspecified atom stereocenters. The standard InChI is InChI=1S/C21H29FN4O3S/c1-16-13-19(22)8-7-18(16)9-10-24-21(23-2)25-15-17-5-4-6-20(14-17)30(27,28)26-11-12-29-3/h4-8,13-14,26H,9-12,15H2,1-3H3,(H2,23,24,25). The molecule has 0 aliphatic rings. The molecule has 7 nitrogen and oxygen atoms in total. The average Bonchev–Trinajstić information content (AvgIpc) is 2.72. The van der Waals surface area contributed by atoms with Crippen LogP contribution in [0.2, 0.25) is 0 Å². The van der Waals surface area contributed by atoms with Crippen molar-refractivity contribution in [3.63, 3.8) is 0 Å². The second-order valence-corrected chi connectivity index (χ2v) is 8.48. The van der Waals surface area contributed by atoms with Gasteiger partial charge in [-0.05, 0) is 54.3 Å². The fourth-order valence-electron chi connectivity index (χ4n) is 2.85. The maximum absolute atomic E-state index is 13.2. The zero-order valence-corrected chi connectivity index (χ0v) is 18.4. The maximum Gasteiger partial charge on any atom is 0.240 e. The van der Waals surface area contributed by atoms with E-state index < -0.39 is 10.0 Å². The zero-order chi connectivity index (χ0) is 22.0. The van der Waals surface area contributed by atoms with Crippen LogP contribution in [0, 0.1) is 12.7 Å². The van der Waals surface area contributed by atoms with Crippen LogP contribution in [-0.2, 0) is 27.7 Å². The maximum atomic E-state index is 13.2. The Bertz CT molecular complexity index is 964. The molecule has 2 aromatic rings. The van der Waals surface area contributed by atoms with Crippen LogP contribution in [0.15, 0.2) is 52.4 Å². The molecule has 0 atom stereocenters. The van der Waals surface area contributed by atoms with Gasteiger partial charge in [0.05, 0.1) is 11.5 Å². The summed E-state index contributed by atoms with van der Waals surface area (Å²) in [6.45, 7) is 3.45. The number of aryl methyl sites for hydroxylation is 1. The number of ether oxygens (including phenoxy) is 1. The summed E-state index contributed by atoms with van der Waals surface area (Å²) in [4.78, 5) is 4.38. The quantitative estimate of drug-likeness (QED) is 0.301. The lowest BCUT2D eigenvalue weighted by molar-refractivity contribution is 0.204. The molecule has 2 rings (SSSR count). The van der Waals surface area contributed by atoms with Crippen molar-refractivity contribution in [2.75, 3.05) is 33.9 Å². The SMILES string of the molecule is CN=C(NCCc1ccc(F)cc1C)NCc1cccc(S(=O)(=O)NCCOC)c1. The first-order chi connectivity index (χ1) is 14.4. The Morgan fingerprint density at radius 1 is 1.13 bits per heavy atom. The minimum absolute atomic E-state index is 0.202. The third kappa shape index (κ3) is 7.40. The van der Waals surface area contributed by atoms with Gasteiger partial charge < -0.3 is 15.4 Å². The third-order valence-corrected chi connectivity index (χ3v) is 5.94. The molecule has 0 heterocycles. The van der Waals surface area contributed by atoms with E-state index in [1.54, 1.807) is 31.3 Å². The molecule has 0 fully saturated rings. The third-order valence-electron chi connectivity index (χ3n) is 4.48. The number of methoxy groups -OCH3 is 1. The van der Waals surface area contributed by atoms with Gasteiger partial charge in [-0.15, -0.1) is 0 Å². The number of nitrogens with one attached hydrogen (secondary N) is 3. The van der Waals surface area contributed by atoms with Gasteiger partial charge in [-0.3, -0.25) is 4.99 Å². The number of hydrogen-bond acceptors (Lipinski definition) is 4. The van der Waals surface area contributed by atoms with Crippen molar-refractivity contribution in [1.82, 2.24) is 15.4 Å². The summed E-state index contributed by atoms with van der Waals surface area (Å²) >= 11 is 0. The van der Waals surface area contributed by atoms with E-state index in [0.717, 1.165) is 23.1 Å². The lowest BCUT2D eigenvalue weighted by Crippen LogP contribution is -2.38. The van der Waals surface area contributed by atoms with E-state index in [4.69, 9.17) is 4.74 Å². The van der Waals surface area contributed by atoms with Gasteiger partial charge in [0.25, 0.3) is 0 Å². The topological polar surface area (TPSA) is 91.8 Å². The van der Waals surface area contributed by atoms with Crippen LogP contribution in [0.5, 0.6) is 0 Å². The predicted molar refractivity (Wildman–Crippen MR) is 117 cm³/mol. The van der Waals surface area contributed by atoms with E-state index in [-0.39, 0.29) is 17.3 Å². The molecule has 0 saturated heterocycles. The fourth-order valence-corrected chi connectivity index (χ4v) is 3.93. The summed E-state index contributed by atoms with van der Waals surface area (Å²) in [5.74, 6) is 0.362. The Morgan fingerprint density at radius 3 is 2.63 bits per heavy atom. The molecule has 0 amide bonds. The van der Waals surface area contributed by atoms with Gasteiger partial charge in [0.2, 0.25) is 10.0 Å². The molecule has 2 aromatic carbocycles. The Kier molecular flexibility index (Phi) is 9.22. The number of aliphatic imine (C=N–C) groups is 1. The van der Waals surface area contributed by atoms with E-state index >= 15 is 0 Å².